The number of nitrogens with one attached hydrogen (secondary N) is 1. The number of nitrogens with zero attached hydrogens (tertiary/aromatic N) is 6. The topological polar surface area (TPSA) is 137 Å². The molecule has 0 spiro atoms. The molecule has 0 radical (unpaired) electrons. The largest absolute Gasteiger partial charge is 0.378 e. The molecule has 0 aliphatic carbocycles. The average Bonchev–Trinajstić information content (AvgIpc) is 3.18. The Balaban J connectivity index is 1.85. The number of anilines is 1. The zero-order valence-electron chi connectivity index (χ0n) is 13.3. The minimum Gasteiger partial charge on any atom is -0.378 e. The van der Waals surface area contributed by atoms with E-state index in [2.05, 4.69) is 35.8 Å². The van der Waals surface area contributed by atoms with Crippen LogP contribution in [0.2, 0.25) is 0 Å². The molecule has 0 bridgehead atoms. The molecule has 3 rings (SSSR count). The van der Waals surface area contributed by atoms with Crippen molar-refractivity contribution in [3.8, 4) is 5.82 Å². The van der Waals surface area contributed by atoms with E-state index in [1.54, 1.807) is 26.0 Å². The second kappa shape index (κ2) is 6.47. The molecule has 128 valence electrons. The first-order chi connectivity index (χ1) is 12.0. The Kier molecular flexibility index (Phi) is 4.20. The number of hydrazone groups is 1. The van der Waals surface area contributed by atoms with Gasteiger partial charge in [0, 0.05) is 0 Å². The fourth-order valence-corrected chi connectivity index (χ4v) is 2.05. The molecule has 0 aliphatic rings. The number of carbonyl (C=O) groups is 1. The molecule has 0 saturated carbocycles. The Bertz CT molecular complexity index is 944. The Morgan fingerprint density at radius 3 is 2.68 bits per heavy atom. The van der Waals surface area contributed by atoms with Crippen molar-refractivity contribution in [2.45, 2.75) is 13.8 Å². The van der Waals surface area contributed by atoms with Gasteiger partial charge in [0.2, 0.25) is 11.6 Å². The van der Waals surface area contributed by atoms with Crippen LogP contribution in [0.5, 0.6) is 0 Å². The van der Waals surface area contributed by atoms with E-state index in [4.69, 9.17) is 5.73 Å². The van der Waals surface area contributed by atoms with Crippen LogP contribution in [0.4, 0.5) is 10.2 Å². The molecule has 0 fully saturated rings. The lowest BCUT2D eigenvalue weighted by atomic mass is 10.1. The van der Waals surface area contributed by atoms with Crippen LogP contribution < -0.4 is 11.2 Å². The van der Waals surface area contributed by atoms with E-state index in [9.17, 15) is 9.18 Å². The maximum atomic E-state index is 13.0. The maximum absolute atomic E-state index is 13.0. The molecule has 0 atom stereocenters. The van der Waals surface area contributed by atoms with Crippen LogP contribution >= 0.6 is 0 Å². The van der Waals surface area contributed by atoms with Gasteiger partial charge in [-0.2, -0.15) is 9.78 Å². The van der Waals surface area contributed by atoms with Gasteiger partial charge in [-0.25, -0.2) is 14.4 Å². The van der Waals surface area contributed by atoms with Gasteiger partial charge in [0.1, 0.15) is 5.82 Å². The summed E-state index contributed by atoms with van der Waals surface area (Å²) in [5.41, 5.74) is 9.59. The van der Waals surface area contributed by atoms with Crippen molar-refractivity contribution < 1.29 is 13.8 Å². The van der Waals surface area contributed by atoms with Gasteiger partial charge in [0.15, 0.2) is 5.69 Å². The number of amides is 1. The van der Waals surface area contributed by atoms with Gasteiger partial charge in [-0.15, -0.1) is 5.10 Å². The first kappa shape index (κ1) is 16.2. The lowest BCUT2D eigenvalue weighted by Crippen LogP contribution is -2.24. The molecule has 1 aromatic carbocycles. The number of hydrogen-bond donors (Lipinski definition) is 2. The highest BCUT2D eigenvalue weighted by molar-refractivity contribution is 6.00. The number of nitrogens with two attached hydrogens (primary N) is 1. The fraction of sp³-hybridized carbons (Fsp3) is 0.143. The highest BCUT2D eigenvalue weighted by Gasteiger charge is 2.22. The van der Waals surface area contributed by atoms with Gasteiger partial charge in [0.25, 0.3) is 5.91 Å². The van der Waals surface area contributed by atoms with Crippen LogP contribution in [0.3, 0.4) is 0 Å². The average molecular weight is 344 g/mol. The molecule has 25 heavy (non-hydrogen) atoms. The van der Waals surface area contributed by atoms with Crippen molar-refractivity contribution in [3.05, 3.63) is 47.0 Å². The summed E-state index contributed by atoms with van der Waals surface area (Å²) in [4.78, 5) is 12.4. The third-order valence-electron chi connectivity index (χ3n) is 3.34. The number of aromatic nitrogens is 5. The number of nitrogen functional groups attached to an aromatic ring is 1. The molecular formula is C14H13FN8O2. The van der Waals surface area contributed by atoms with Gasteiger partial charge in [0.05, 0.1) is 11.4 Å². The highest BCUT2D eigenvalue weighted by atomic mass is 19.1. The Labute approximate surface area is 140 Å². The maximum Gasteiger partial charge on any atom is 0.292 e. The van der Waals surface area contributed by atoms with Gasteiger partial charge in [-0.1, -0.05) is 17.3 Å². The molecule has 2 aromatic heterocycles. The first-order valence-electron chi connectivity index (χ1n) is 7.08. The lowest BCUT2D eigenvalue weighted by Gasteiger charge is -2.04. The van der Waals surface area contributed by atoms with Crippen molar-refractivity contribution >= 4 is 17.4 Å². The monoisotopic (exact) mass is 344 g/mol. The smallest absolute Gasteiger partial charge is 0.292 e. The quantitative estimate of drug-likeness (QED) is 0.528. The summed E-state index contributed by atoms with van der Waals surface area (Å²) in [5, 5.41) is 18.7. The number of hydrogen-bond acceptors (Lipinski definition) is 8. The SMILES string of the molecule is C/C(=N/NC(=O)c1c(C)nnn1-c1nonc1N)c1ccc(F)cc1. The summed E-state index contributed by atoms with van der Waals surface area (Å²) in [6.07, 6.45) is 0. The molecule has 1 amide bonds. The Hall–Kier alpha value is -3.63. The molecule has 3 aromatic rings. The summed E-state index contributed by atoms with van der Waals surface area (Å²) in [7, 11) is 0. The number of rotatable bonds is 4. The standard InChI is InChI=1S/C14H13FN8O2/c1-7(9-3-5-10(15)6-4-9)17-19-14(24)11-8(2)18-22-23(11)13-12(16)20-25-21-13/h3-6H,1-2H3,(H2,16,20)(H,19,24)/b17-7-. The first-order valence-corrected chi connectivity index (χ1v) is 7.08. The highest BCUT2D eigenvalue weighted by Crippen LogP contribution is 2.15. The minimum absolute atomic E-state index is 0.0371. The van der Waals surface area contributed by atoms with Gasteiger partial charge >= 0.3 is 0 Å². The van der Waals surface area contributed by atoms with Crippen LogP contribution in [-0.2, 0) is 0 Å². The predicted molar refractivity (Wildman–Crippen MR) is 84.4 cm³/mol. The molecule has 0 unspecified atom stereocenters. The number of halogens is 1. The zero-order valence-corrected chi connectivity index (χ0v) is 13.3. The van der Waals surface area contributed by atoms with Crippen molar-refractivity contribution in [1.82, 2.24) is 30.7 Å². The molecule has 10 nitrogen and oxygen atoms in total. The summed E-state index contributed by atoms with van der Waals surface area (Å²) in [6.45, 7) is 3.27. The van der Waals surface area contributed by atoms with E-state index in [0.29, 0.717) is 17.0 Å². The number of benzene rings is 1. The van der Waals surface area contributed by atoms with E-state index in [-0.39, 0.29) is 23.1 Å². The van der Waals surface area contributed by atoms with E-state index in [0.717, 1.165) is 4.68 Å². The summed E-state index contributed by atoms with van der Waals surface area (Å²) in [6, 6.07) is 5.72. The molecule has 2 heterocycles. The third-order valence-corrected chi connectivity index (χ3v) is 3.34. The van der Waals surface area contributed by atoms with E-state index >= 15 is 0 Å². The second-order valence-electron chi connectivity index (χ2n) is 5.05. The lowest BCUT2D eigenvalue weighted by molar-refractivity contribution is 0.0946. The van der Waals surface area contributed by atoms with Crippen molar-refractivity contribution in [3.63, 3.8) is 0 Å². The van der Waals surface area contributed by atoms with E-state index < -0.39 is 5.91 Å². The summed E-state index contributed by atoms with van der Waals surface area (Å²) >= 11 is 0. The van der Waals surface area contributed by atoms with Gasteiger partial charge in [-0.05, 0) is 41.9 Å². The number of aryl methyl sites for hydroxylation is 1. The van der Waals surface area contributed by atoms with Crippen molar-refractivity contribution in [1.29, 1.82) is 0 Å². The van der Waals surface area contributed by atoms with Crippen LogP contribution in [0.15, 0.2) is 34.0 Å². The van der Waals surface area contributed by atoms with Crippen LogP contribution in [0.25, 0.3) is 5.82 Å². The normalized spacial score (nSPS) is 11.6. The van der Waals surface area contributed by atoms with Crippen LogP contribution in [-0.4, -0.2) is 36.9 Å². The van der Waals surface area contributed by atoms with Gasteiger partial charge < -0.3 is 5.73 Å². The molecule has 0 saturated heterocycles. The molecule has 11 heteroatoms. The summed E-state index contributed by atoms with van der Waals surface area (Å²) < 4.78 is 18.6. The minimum atomic E-state index is -0.577. The fourth-order valence-electron chi connectivity index (χ4n) is 2.05. The third kappa shape index (κ3) is 3.20. The molecule has 3 N–H and O–H groups in total. The summed E-state index contributed by atoms with van der Waals surface area (Å²) in [5.74, 6) is -0.925. The predicted octanol–water partition coefficient (Wildman–Crippen LogP) is 0.834. The van der Waals surface area contributed by atoms with Crippen molar-refractivity contribution in [2.24, 2.45) is 5.10 Å². The Morgan fingerprint density at radius 2 is 2.04 bits per heavy atom. The molecular weight excluding hydrogens is 331 g/mol. The number of carbonyl (C=O) groups excluding carboxylic acids is 1. The van der Waals surface area contributed by atoms with E-state index in [1.807, 2.05) is 0 Å². The van der Waals surface area contributed by atoms with Crippen LogP contribution in [0.1, 0.15) is 28.7 Å². The zero-order chi connectivity index (χ0) is 18.0. The Morgan fingerprint density at radius 1 is 1.32 bits per heavy atom. The second-order valence-corrected chi connectivity index (χ2v) is 5.05. The van der Waals surface area contributed by atoms with Crippen molar-refractivity contribution in [2.75, 3.05) is 5.73 Å². The van der Waals surface area contributed by atoms with E-state index in [1.165, 1.54) is 12.1 Å². The molecule has 0 aliphatic heterocycles. The van der Waals surface area contributed by atoms with Gasteiger partial charge in [-0.3, -0.25) is 4.79 Å². The van der Waals surface area contributed by atoms with Crippen LogP contribution in [0, 0.1) is 12.7 Å².